The lowest BCUT2D eigenvalue weighted by Crippen LogP contribution is -2.44. The lowest BCUT2D eigenvalue weighted by atomic mass is 9.81. The van der Waals surface area contributed by atoms with Gasteiger partial charge >= 0.3 is 6.03 Å². The van der Waals surface area contributed by atoms with Crippen LogP contribution in [0, 0.1) is 0 Å². The Morgan fingerprint density at radius 1 is 1.12 bits per heavy atom. The van der Waals surface area contributed by atoms with Crippen LogP contribution < -0.4 is 10.2 Å². The van der Waals surface area contributed by atoms with Gasteiger partial charge in [-0.1, -0.05) is 48.5 Å². The highest BCUT2D eigenvalue weighted by atomic mass is 16.2. The van der Waals surface area contributed by atoms with Crippen molar-refractivity contribution in [3.8, 4) is 0 Å². The molecule has 2 aromatic rings. The highest BCUT2D eigenvalue weighted by molar-refractivity contribution is 6.08. The van der Waals surface area contributed by atoms with Crippen LogP contribution in [0.4, 0.5) is 10.5 Å². The first-order chi connectivity index (χ1) is 12.6. The lowest BCUT2D eigenvalue weighted by Gasteiger charge is -2.23. The van der Waals surface area contributed by atoms with Gasteiger partial charge in [-0.25, -0.2) is 4.79 Å². The van der Waals surface area contributed by atoms with Crippen molar-refractivity contribution in [1.29, 1.82) is 0 Å². The van der Waals surface area contributed by atoms with Gasteiger partial charge in [-0.15, -0.1) is 0 Å². The summed E-state index contributed by atoms with van der Waals surface area (Å²) in [5, 5.41) is 2.99. The highest BCUT2D eigenvalue weighted by Crippen LogP contribution is 2.46. The molecule has 1 fully saturated rings. The Morgan fingerprint density at radius 2 is 1.85 bits per heavy atom. The standard InChI is InChI=1S/C21H23N3O2/c1-23-18-10-6-5-9-17(18)21(19(23)25)12-14-24(15-21)20(26)22-13-11-16-7-3-2-4-8-16/h2-10H,11-15H2,1H3,(H,22,26)/t21-/m0/s1. The number of amides is 3. The topological polar surface area (TPSA) is 52.7 Å². The van der Waals surface area contributed by atoms with E-state index in [0.29, 0.717) is 26.1 Å². The minimum Gasteiger partial charge on any atom is -0.338 e. The zero-order chi connectivity index (χ0) is 18.1. The Morgan fingerprint density at radius 3 is 2.65 bits per heavy atom. The van der Waals surface area contributed by atoms with Gasteiger partial charge < -0.3 is 15.1 Å². The maximum atomic E-state index is 12.9. The SMILES string of the molecule is CN1C(=O)[C@]2(CCN(C(=O)NCCc3ccccc3)C2)c2ccccc21. The summed E-state index contributed by atoms with van der Waals surface area (Å²) in [7, 11) is 1.82. The van der Waals surface area contributed by atoms with E-state index in [4.69, 9.17) is 0 Å². The van der Waals surface area contributed by atoms with Crippen molar-refractivity contribution >= 4 is 17.6 Å². The fraction of sp³-hybridized carbons (Fsp3) is 0.333. The van der Waals surface area contributed by atoms with E-state index in [9.17, 15) is 9.59 Å². The van der Waals surface area contributed by atoms with E-state index in [1.54, 1.807) is 9.80 Å². The van der Waals surface area contributed by atoms with Crippen LogP contribution >= 0.6 is 0 Å². The Labute approximate surface area is 153 Å². The molecule has 5 nitrogen and oxygen atoms in total. The largest absolute Gasteiger partial charge is 0.338 e. The fourth-order valence-corrected chi connectivity index (χ4v) is 4.16. The van der Waals surface area contributed by atoms with Crippen LogP contribution in [-0.2, 0) is 16.6 Å². The molecule has 1 saturated heterocycles. The van der Waals surface area contributed by atoms with E-state index < -0.39 is 5.41 Å². The third-order valence-corrected chi connectivity index (χ3v) is 5.58. The summed E-state index contributed by atoms with van der Waals surface area (Å²) in [4.78, 5) is 29.0. The first-order valence-electron chi connectivity index (χ1n) is 9.06. The van der Waals surface area contributed by atoms with Crippen molar-refractivity contribution in [3.05, 3.63) is 65.7 Å². The normalized spacial score (nSPS) is 21.3. The number of benzene rings is 2. The summed E-state index contributed by atoms with van der Waals surface area (Å²) >= 11 is 0. The van der Waals surface area contributed by atoms with E-state index in [-0.39, 0.29) is 11.9 Å². The quantitative estimate of drug-likeness (QED) is 0.926. The molecular formula is C21H23N3O2. The Bertz CT molecular complexity index is 836. The second-order valence-corrected chi connectivity index (χ2v) is 7.10. The molecule has 0 bridgehead atoms. The van der Waals surface area contributed by atoms with Gasteiger partial charge in [0.25, 0.3) is 0 Å². The van der Waals surface area contributed by atoms with Crippen LogP contribution in [0.1, 0.15) is 17.5 Å². The van der Waals surface area contributed by atoms with Crippen LogP contribution in [0.15, 0.2) is 54.6 Å². The van der Waals surface area contributed by atoms with Crippen molar-refractivity contribution < 1.29 is 9.59 Å². The first kappa shape index (κ1) is 16.6. The number of urea groups is 1. The molecule has 3 amide bonds. The summed E-state index contributed by atoms with van der Waals surface area (Å²) < 4.78 is 0. The Balaban J connectivity index is 1.42. The molecule has 0 aromatic heterocycles. The third-order valence-electron chi connectivity index (χ3n) is 5.58. The summed E-state index contributed by atoms with van der Waals surface area (Å²) in [6.45, 7) is 1.65. The number of hydrogen-bond donors (Lipinski definition) is 1. The number of carbonyl (C=O) groups excluding carboxylic acids is 2. The molecule has 2 aromatic carbocycles. The molecule has 2 heterocycles. The number of carbonyl (C=O) groups is 2. The number of nitrogens with one attached hydrogen (secondary N) is 1. The van der Waals surface area contributed by atoms with Crippen molar-refractivity contribution in [1.82, 2.24) is 10.2 Å². The van der Waals surface area contributed by atoms with Crippen molar-refractivity contribution in [2.24, 2.45) is 0 Å². The van der Waals surface area contributed by atoms with Crippen molar-refractivity contribution in [2.45, 2.75) is 18.3 Å². The minimum atomic E-state index is -0.581. The molecule has 0 radical (unpaired) electrons. The van der Waals surface area contributed by atoms with Crippen LogP contribution in [-0.4, -0.2) is 43.5 Å². The Hall–Kier alpha value is -2.82. The molecule has 134 valence electrons. The van der Waals surface area contributed by atoms with Crippen molar-refractivity contribution in [2.75, 3.05) is 31.6 Å². The summed E-state index contributed by atoms with van der Waals surface area (Å²) in [6.07, 6.45) is 1.48. The zero-order valence-corrected chi connectivity index (χ0v) is 14.9. The molecule has 1 atom stereocenters. The predicted molar refractivity (Wildman–Crippen MR) is 101 cm³/mol. The fourth-order valence-electron chi connectivity index (χ4n) is 4.16. The maximum Gasteiger partial charge on any atom is 0.317 e. The van der Waals surface area contributed by atoms with E-state index in [2.05, 4.69) is 17.4 Å². The van der Waals surface area contributed by atoms with E-state index in [1.165, 1.54) is 5.56 Å². The Kier molecular flexibility index (Phi) is 4.15. The molecule has 1 N–H and O–H groups in total. The lowest BCUT2D eigenvalue weighted by molar-refractivity contribution is -0.122. The molecule has 0 aliphatic carbocycles. The van der Waals surface area contributed by atoms with E-state index >= 15 is 0 Å². The van der Waals surface area contributed by atoms with Gasteiger partial charge in [-0.05, 0) is 30.0 Å². The zero-order valence-electron chi connectivity index (χ0n) is 14.9. The predicted octanol–water partition coefficient (Wildman–Crippen LogP) is 2.56. The summed E-state index contributed by atoms with van der Waals surface area (Å²) in [6, 6.07) is 17.9. The van der Waals surface area contributed by atoms with E-state index in [1.807, 2.05) is 49.5 Å². The highest BCUT2D eigenvalue weighted by Gasteiger charge is 2.54. The van der Waals surface area contributed by atoms with Gasteiger partial charge in [0.05, 0.1) is 5.41 Å². The monoisotopic (exact) mass is 349 g/mol. The van der Waals surface area contributed by atoms with Crippen LogP contribution in [0.2, 0.25) is 0 Å². The minimum absolute atomic E-state index is 0.0855. The van der Waals surface area contributed by atoms with Gasteiger partial charge in [0.2, 0.25) is 5.91 Å². The average molecular weight is 349 g/mol. The van der Waals surface area contributed by atoms with Gasteiger partial charge in [-0.2, -0.15) is 0 Å². The smallest absolute Gasteiger partial charge is 0.317 e. The molecule has 5 heteroatoms. The van der Waals surface area contributed by atoms with Gasteiger partial charge in [0.1, 0.15) is 0 Å². The number of fused-ring (bicyclic) bond motifs is 2. The van der Waals surface area contributed by atoms with Crippen LogP contribution in [0.5, 0.6) is 0 Å². The van der Waals surface area contributed by atoms with Crippen LogP contribution in [0.25, 0.3) is 0 Å². The molecule has 0 saturated carbocycles. The number of hydrogen-bond acceptors (Lipinski definition) is 2. The number of likely N-dealkylation sites (N-methyl/N-ethyl adjacent to an activating group) is 1. The maximum absolute atomic E-state index is 12.9. The van der Waals surface area contributed by atoms with E-state index in [0.717, 1.165) is 17.7 Å². The first-order valence-corrected chi connectivity index (χ1v) is 9.06. The van der Waals surface area contributed by atoms with Gasteiger partial charge in [-0.3, -0.25) is 4.79 Å². The molecule has 2 aliphatic heterocycles. The van der Waals surface area contributed by atoms with Crippen molar-refractivity contribution in [3.63, 3.8) is 0 Å². The van der Waals surface area contributed by atoms with Crippen LogP contribution in [0.3, 0.4) is 0 Å². The molecule has 4 rings (SSSR count). The molecule has 2 aliphatic rings. The second kappa shape index (κ2) is 6.48. The third kappa shape index (κ3) is 2.64. The second-order valence-electron chi connectivity index (χ2n) is 7.10. The van der Waals surface area contributed by atoms with Gasteiger partial charge in [0, 0.05) is 32.4 Å². The number of rotatable bonds is 3. The number of para-hydroxylation sites is 1. The number of likely N-dealkylation sites (tertiary alicyclic amines) is 1. The number of nitrogens with zero attached hydrogens (tertiary/aromatic N) is 2. The number of anilines is 1. The molecular weight excluding hydrogens is 326 g/mol. The average Bonchev–Trinajstić information content (AvgIpc) is 3.21. The molecule has 0 unspecified atom stereocenters. The molecule has 26 heavy (non-hydrogen) atoms. The van der Waals surface area contributed by atoms with Gasteiger partial charge in [0.15, 0.2) is 0 Å². The molecule has 1 spiro atoms. The summed E-state index contributed by atoms with van der Waals surface area (Å²) in [5.41, 5.74) is 2.63. The summed E-state index contributed by atoms with van der Waals surface area (Å²) in [5.74, 6) is 0.0956.